The topological polar surface area (TPSA) is 52.7 Å². The van der Waals surface area contributed by atoms with Crippen molar-refractivity contribution in [3.8, 4) is 0 Å². The quantitative estimate of drug-likeness (QED) is 0.834. The van der Waals surface area contributed by atoms with Crippen molar-refractivity contribution in [1.29, 1.82) is 0 Å². The SMILES string of the molecule is O=C(N[C@H]1C[C@H]2CC[C@H]1C2)[C@H]1CC(=O)N(C2CCN(Cc3ccccc3)CC2)C1. The summed E-state index contributed by atoms with van der Waals surface area (Å²) in [7, 11) is 0. The number of carbonyl (C=O) groups excluding carboxylic acids is 2. The Labute approximate surface area is 173 Å². The number of hydrogen-bond donors (Lipinski definition) is 1. The molecule has 1 N–H and O–H groups in total. The molecule has 4 atom stereocenters. The number of piperidine rings is 1. The molecule has 2 aliphatic heterocycles. The Hall–Kier alpha value is -1.88. The molecular weight excluding hydrogens is 362 g/mol. The Morgan fingerprint density at radius 1 is 1.03 bits per heavy atom. The van der Waals surface area contributed by atoms with Gasteiger partial charge < -0.3 is 10.2 Å². The van der Waals surface area contributed by atoms with Gasteiger partial charge in [0.05, 0.1) is 5.92 Å². The third-order valence-electron chi connectivity index (χ3n) is 7.84. The highest BCUT2D eigenvalue weighted by molar-refractivity contribution is 5.89. The van der Waals surface area contributed by atoms with E-state index in [1.165, 1.54) is 24.8 Å². The minimum atomic E-state index is -0.149. The Balaban J connectivity index is 1.11. The average molecular weight is 396 g/mol. The first-order valence-electron chi connectivity index (χ1n) is 11.5. The van der Waals surface area contributed by atoms with Gasteiger partial charge in [-0.1, -0.05) is 36.8 Å². The fraction of sp³-hybridized carbons (Fsp3) is 0.667. The molecule has 5 heteroatoms. The molecule has 1 aromatic rings. The zero-order chi connectivity index (χ0) is 19.8. The van der Waals surface area contributed by atoms with Crippen molar-refractivity contribution < 1.29 is 9.59 Å². The van der Waals surface area contributed by atoms with Gasteiger partial charge in [-0.15, -0.1) is 0 Å². The lowest BCUT2D eigenvalue weighted by molar-refractivity contribution is -0.131. The van der Waals surface area contributed by atoms with Gasteiger partial charge in [0.1, 0.15) is 0 Å². The molecule has 5 nitrogen and oxygen atoms in total. The first-order valence-corrected chi connectivity index (χ1v) is 11.5. The second kappa shape index (κ2) is 8.10. The van der Waals surface area contributed by atoms with Crippen LogP contribution in [0.3, 0.4) is 0 Å². The van der Waals surface area contributed by atoms with Crippen LogP contribution in [0.15, 0.2) is 30.3 Å². The summed E-state index contributed by atoms with van der Waals surface area (Å²) in [5.74, 6) is 1.67. The van der Waals surface area contributed by atoms with Crippen LogP contribution in [0.4, 0.5) is 0 Å². The molecule has 0 radical (unpaired) electrons. The van der Waals surface area contributed by atoms with Crippen molar-refractivity contribution in [1.82, 2.24) is 15.1 Å². The van der Waals surface area contributed by atoms with Crippen LogP contribution in [0, 0.1) is 17.8 Å². The van der Waals surface area contributed by atoms with Crippen molar-refractivity contribution in [2.24, 2.45) is 17.8 Å². The molecule has 1 aromatic carbocycles. The van der Waals surface area contributed by atoms with Crippen molar-refractivity contribution in [2.75, 3.05) is 19.6 Å². The van der Waals surface area contributed by atoms with E-state index in [9.17, 15) is 9.59 Å². The maximum Gasteiger partial charge on any atom is 0.225 e. The Morgan fingerprint density at radius 2 is 1.83 bits per heavy atom. The number of fused-ring (bicyclic) bond motifs is 2. The predicted molar refractivity (Wildman–Crippen MR) is 112 cm³/mol. The van der Waals surface area contributed by atoms with E-state index in [1.54, 1.807) is 0 Å². The predicted octanol–water partition coefficient (Wildman–Crippen LogP) is 2.80. The summed E-state index contributed by atoms with van der Waals surface area (Å²) in [6, 6.07) is 11.3. The van der Waals surface area contributed by atoms with Crippen LogP contribution >= 0.6 is 0 Å². The molecule has 2 aliphatic carbocycles. The van der Waals surface area contributed by atoms with Crippen LogP contribution in [-0.4, -0.2) is 53.3 Å². The molecule has 2 bridgehead atoms. The molecular formula is C24H33N3O2. The lowest BCUT2D eigenvalue weighted by Gasteiger charge is -2.37. The van der Waals surface area contributed by atoms with E-state index in [2.05, 4.69) is 40.5 Å². The van der Waals surface area contributed by atoms with Crippen LogP contribution in [0.25, 0.3) is 0 Å². The Morgan fingerprint density at radius 3 is 2.52 bits per heavy atom. The highest BCUT2D eigenvalue weighted by Crippen LogP contribution is 2.44. The number of likely N-dealkylation sites (tertiary alicyclic amines) is 2. The summed E-state index contributed by atoms with van der Waals surface area (Å²) < 4.78 is 0. The van der Waals surface area contributed by atoms with E-state index < -0.39 is 0 Å². The van der Waals surface area contributed by atoms with Crippen LogP contribution < -0.4 is 5.32 Å². The molecule has 29 heavy (non-hydrogen) atoms. The standard InChI is InChI=1S/C24H33N3O2/c28-23-14-20(24(29)25-22-13-18-6-7-19(22)12-18)16-27(23)21-8-10-26(11-9-21)15-17-4-2-1-3-5-17/h1-5,18-22H,6-16H2,(H,25,29)/t18-,19-,20-,22-/m0/s1. The maximum absolute atomic E-state index is 12.8. The number of hydrogen-bond acceptors (Lipinski definition) is 3. The van der Waals surface area contributed by atoms with Crippen molar-refractivity contribution >= 4 is 11.8 Å². The third kappa shape index (κ3) is 4.07. The van der Waals surface area contributed by atoms with Gasteiger partial charge in [0.25, 0.3) is 0 Å². The van der Waals surface area contributed by atoms with Crippen LogP contribution in [-0.2, 0) is 16.1 Å². The van der Waals surface area contributed by atoms with Crippen molar-refractivity contribution in [3.63, 3.8) is 0 Å². The zero-order valence-corrected chi connectivity index (χ0v) is 17.3. The van der Waals surface area contributed by atoms with Gasteiger partial charge >= 0.3 is 0 Å². The smallest absolute Gasteiger partial charge is 0.225 e. The number of carbonyl (C=O) groups is 2. The Kier molecular flexibility index (Phi) is 5.33. The van der Waals surface area contributed by atoms with E-state index in [1.807, 2.05) is 4.90 Å². The summed E-state index contributed by atoms with van der Waals surface area (Å²) >= 11 is 0. The van der Waals surface area contributed by atoms with Gasteiger partial charge in [0, 0.05) is 44.7 Å². The number of benzene rings is 1. The number of amides is 2. The molecule has 2 saturated heterocycles. The number of nitrogens with zero attached hydrogens (tertiary/aromatic N) is 2. The first-order chi connectivity index (χ1) is 14.2. The first kappa shape index (κ1) is 19.1. The number of nitrogens with one attached hydrogen (secondary N) is 1. The van der Waals surface area contributed by atoms with E-state index in [-0.39, 0.29) is 17.7 Å². The van der Waals surface area contributed by atoms with Gasteiger partial charge in [0.15, 0.2) is 0 Å². The average Bonchev–Trinajstić information content (AvgIpc) is 3.45. The van der Waals surface area contributed by atoms with E-state index in [4.69, 9.17) is 0 Å². The van der Waals surface area contributed by atoms with Gasteiger partial charge in [0.2, 0.25) is 11.8 Å². The molecule has 5 rings (SSSR count). The van der Waals surface area contributed by atoms with E-state index >= 15 is 0 Å². The summed E-state index contributed by atoms with van der Waals surface area (Å²) in [5.41, 5.74) is 1.35. The molecule has 0 unspecified atom stereocenters. The lowest BCUT2D eigenvalue weighted by Crippen LogP contribution is -2.46. The van der Waals surface area contributed by atoms with Crippen molar-refractivity contribution in [2.45, 2.75) is 63.6 Å². The molecule has 2 amide bonds. The third-order valence-corrected chi connectivity index (χ3v) is 7.84. The second-order valence-corrected chi connectivity index (χ2v) is 9.73. The molecule has 4 aliphatic rings. The Bertz CT molecular complexity index is 744. The molecule has 0 spiro atoms. The highest BCUT2D eigenvalue weighted by Gasteiger charge is 2.43. The molecule has 0 aromatic heterocycles. The summed E-state index contributed by atoms with van der Waals surface area (Å²) in [4.78, 5) is 30.0. The molecule has 156 valence electrons. The van der Waals surface area contributed by atoms with E-state index in [0.29, 0.717) is 31.0 Å². The molecule has 2 heterocycles. The van der Waals surface area contributed by atoms with Gasteiger partial charge in [-0.3, -0.25) is 14.5 Å². The van der Waals surface area contributed by atoms with Crippen LogP contribution in [0.5, 0.6) is 0 Å². The van der Waals surface area contributed by atoms with Crippen LogP contribution in [0.1, 0.15) is 50.5 Å². The van der Waals surface area contributed by atoms with Gasteiger partial charge in [-0.25, -0.2) is 0 Å². The maximum atomic E-state index is 12.8. The lowest BCUT2D eigenvalue weighted by atomic mass is 9.94. The summed E-state index contributed by atoms with van der Waals surface area (Å²) in [5, 5.41) is 3.30. The molecule has 4 fully saturated rings. The van der Waals surface area contributed by atoms with Crippen LogP contribution in [0.2, 0.25) is 0 Å². The van der Waals surface area contributed by atoms with Gasteiger partial charge in [-0.2, -0.15) is 0 Å². The summed E-state index contributed by atoms with van der Waals surface area (Å²) in [6.07, 6.45) is 7.49. The minimum absolute atomic E-state index is 0.125. The molecule has 2 saturated carbocycles. The number of rotatable bonds is 5. The van der Waals surface area contributed by atoms with E-state index in [0.717, 1.165) is 44.8 Å². The fourth-order valence-corrected chi connectivity index (χ4v) is 6.21. The summed E-state index contributed by atoms with van der Waals surface area (Å²) in [6.45, 7) is 3.64. The second-order valence-electron chi connectivity index (χ2n) is 9.73. The highest BCUT2D eigenvalue weighted by atomic mass is 16.2. The normalized spacial score (nSPS) is 32.8. The fourth-order valence-electron chi connectivity index (χ4n) is 6.21. The largest absolute Gasteiger partial charge is 0.353 e. The zero-order valence-electron chi connectivity index (χ0n) is 17.3. The monoisotopic (exact) mass is 395 g/mol. The minimum Gasteiger partial charge on any atom is -0.353 e. The van der Waals surface area contributed by atoms with Crippen molar-refractivity contribution in [3.05, 3.63) is 35.9 Å². The van der Waals surface area contributed by atoms with Gasteiger partial charge in [-0.05, 0) is 49.5 Å².